The van der Waals surface area contributed by atoms with Crippen LogP contribution < -0.4 is 4.18 Å². The van der Waals surface area contributed by atoms with Crippen molar-refractivity contribution in [3.63, 3.8) is 0 Å². The lowest BCUT2D eigenvalue weighted by Crippen LogP contribution is -2.37. The zero-order valence-corrected chi connectivity index (χ0v) is 26.0. The first-order valence-electron chi connectivity index (χ1n) is 14.8. The number of carbonyl (C=O) groups excluding carboxylic acids is 1. The number of rotatable bonds is 12. The number of esters is 1. The molecule has 0 bridgehead atoms. The van der Waals surface area contributed by atoms with Gasteiger partial charge < -0.3 is 19.1 Å². The van der Waals surface area contributed by atoms with Crippen LogP contribution in [0.15, 0.2) is 48.5 Å². The normalized spacial score (nSPS) is 15.1. The lowest BCUT2D eigenvalue weighted by molar-refractivity contribution is -0.143. The predicted octanol–water partition coefficient (Wildman–Crippen LogP) is 4.64. The van der Waals surface area contributed by atoms with Gasteiger partial charge >= 0.3 is 16.3 Å². The zero-order chi connectivity index (χ0) is 31.4. The lowest BCUT2D eigenvalue weighted by atomic mass is 9.84. The summed E-state index contributed by atoms with van der Waals surface area (Å²) < 4.78 is 39.8. The third-order valence-electron chi connectivity index (χ3n) is 8.09. The molecule has 1 atom stereocenters. The van der Waals surface area contributed by atoms with Crippen LogP contribution in [0.5, 0.6) is 11.5 Å². The molecule has 0 fully saturated rings. The van der Waals surface area contributed by atoms with E-state index in [2.05, 4.69) is 10.3 Å². The van der Waals surface area contributed by atoms with Crippen LogP contribution in [0, 0.1) is 13.8 Å². The summed E-state index contributed by atoms with van der Waals surface area (Å²) in [5.74, 6) is -0.484. The molecule has 2 heterocycles. The molecule has 1 aliphatic rings. The first-order chi connectivity index (χ1) is 21.1. The minimum absolute atomic E-state index is 0.0284. The number of aryl methyl sites for hydroxylation is 3. The van der Waals surface area contributed by atoms with Gasteiger partial charge in [0.2, 0.25) is 0 Å². The third kappa shape index (κ3) is 6.72. The molecule has 0 saturated heterocycles. The Balaban J connectivity index is 1.48. The molecular weight excluding hydrogens is 584 g/mol. The van der Waals surface area contributed by atoms with Crippen molar-refractivity contribution in [1.29, 1.82) is 0 Å². The first-order valence-corrected chi connectivity index (χ1v) is 16.2. The van der Waals surface area contributed by atoms with Gasteiger partial charge in [-0.05, 0) is 92.1 Å². The maximum atomic E-state index is 13.0. The standard InChI is InChI=1S/C32H38N4O7S/c1-4-42-31(39)18-28(27-11-12-29-32(22(27)3)33-34-36(29)14-6-5-7-15-37)23-9-8-21(2)24(16-23)19-35-20-25-17-26(38)10-13-30(25)43-44(35,40)41/h8-13,16-17,28,37-38H,4-7,14-15,18-20H2,1-3H3. The van der Waals surface area contributed by atoms with Crippen LogP contribution in [-0.2, 0) is 39.5 Å². The molecule has 1 unspecified atom stereocenters. The third-order valence-corrected chi connectivity index (χ3v) is 9.37. The summed E-state index contributed by atoms with van der Waals surface area (Å²) in [5, 5.41) is 27.8. The van der Waals surface area contributed by atoms with E-state index < -0.39 is 10.3 Å². The number of fused-ring (bicyclic) bond motifs is 2. The van der Waals surface area contributed by atoms with Gasteiger partial charge in [-0.15, -0.1) is 5.10 Å². The molecule has 0 saturated carbocycles. The van der Waals surface area contributed by atoms with Gasteiger partial charge in [0.05, 0.1) is 18.5 Å². The molecule has 3 aromatic carbocycles. The molecule has 1 aliphatic heterocycles. The molecule has 0 spiro atoms. The van der Waals surface area contributed by atoms with Crippen LogP contribution in [0.1, 0.15) is 71.9 Å². The summed E-state index contributed by atoms with van der Waals surface area (Å²) in [5.41, 5.74) is 6.53. The summed E-state index contributed by atoms with van der Waals surface area (Å²) in [7, 11) is -4.07. The number of phenolic OH excluding ortho intramolecular Hbond substituents is 1. The first kappa shape index (κ1) is 31.4. The Bertz CT molecular complexity index is 1770. The monoisotopic (exact) mass is 622 g/mol. The average Bonchev–Trinajstić information content (AvgIpc) is 3.40. The highest BCUT2D eigenvalue weighted by Gasteiger charge is 2.32. The highest BCUT2D eigenvalue weighted by Crippen LogP contribution is 2.36. The van der Waals surface area contributed by atoms with E-state index in [1.54, 1.807) is 6.92 Å². The van der Waals surface area contributed by atoms with Crippen molar-refractivity contribution in [2.24, 2.45) is 0 Å². The summed E-state index contributed by atoms with van der Waals surface area (Å²) in [6, 6.07) is 14.1. The fourth-order valence-electron chi connectivity index (χ4n) is 5.68. The minimum atomic E-state index is -4.07. The molecule has 0 amide bonds. The number of hydrogen-bond acceptors (Lipinski definition) is 9. The number of ether oxygens (including phenoxy) is 1. The van der Waals surface area contributed by atoms with E-state index in [1.807, 2.05) is 48.9 Å². The van der Waals surface area contributed by atoms with Gasteiger partial charge in [0.1, 0.15) is 17.0 Å². The van der Waals surface area contributed by atoms with Crippen molar-refractivity contribution in [2.45, 2.75) is 72.0 Å². The number of aliphatic hydroxyl groups excluding tert-OH is 1. The average molecular weight is 623 g/mol. The Labute approximate surface area is 257 Å². The molecule has 11 nitrogen and oxygen atoms in total. The summed E-state index contributed by atoms with van der Waals surface area (Å²) in [6.45, 7) is 6.87. The second-order valence-electron chi connectivity index (χ2n) is 11.1. The van der Waals surface area contributed by atoms with Gasteiger partial charge in [-0.25, -0.2) is 4.68 Å². The molecule has 2 N–H and O–H groups in total. The van der Waals surface area contributed by atoms with Crippen LogP contribution in [-0.4, -0.2) is 57.1 Å². The van der Waals surface area contributed by atoms with E-state index in [0.29, 0.717) is 12.1 Å². The summed E-state index contributed by atoms with van der Waals surface area (Å²) >= 11 is 0. The van der Waals surface area contributed by atoms with Crippen molar-refractivity contribution in [2.75, 3.05) is 13.2 Å². The van der Waals surface area contributed by atoms with E-state index >= 15 is 0 Å². The number of hydrogen-bond donors (Lipinski definition) is 2. The second kappa shape index (κ2) is 13.3. The molecule has 0 radical (unpaired) electrons. The Morgan fingerprint density at radius 1 is 1.09 bits per heavy atom. The molecule has 5 rings (SSSR count). The van der Waals surface area contributed by atoms with E-state index in [0.717, 1.165) is 58.1 Å². The Kier molecular flexibility index (Phi) is 9.52. The Morgan fingerprint density at radius 3 is 2.68 bits per heavy atom. The topological polar surface area (TPSA) is 144 Å². The smallest absolute Gasteiger partial charge is 0.385 e. The highest BCUT2D eigenvalue weighted by molar-refractivity contribution is 7.84. The quantitative estimate of drug-likeness (QED) is 0.171. The number of aliphatic hydroxyl groups is 1. The van der Waals surface area contributed by atoms with Gasteiger partial charge in [0.15, 0.2) is 0 Å². The molecular formula is C32H38N4O7S. The van der Waals surface area contributed by atoms with E-state index in [4.69, 9.17) is 14.0 Å². The van der Waals surface area contributed by atoms with Crippen LogP contribution in [0.4, 0.5) is 0 Å². The van der Waals surface area contributed by atoms with Gasteiger partial charge in [-0.2, -0.15) is 12.7 Å². The molecule has 12 heteroatoms. The van der Waals surface area contributed by atoms with E-state index in [1.165, 1.54) is 22.5 Å². The Hall–Kier alpha value is -4.00. The summed E-state index contributed by atoms with van der Waals surface area (Å²) in [4.78, 5) is 12.9. The van der Waals surface area contributed by atoms with Crippen molar-refractivity contribution in [3.05, 3.63) is 81.9 Å². The second-order valence-corrected chi connectivity index (χ2v) is 12.6. The number of aromatic hydroxyl groups is 1. The van der Waals surface area contributed by atoms with Crippen molar-refractivity contribution >= 4 is 27.3 Å². The highest BCUT2D eigenvalue weighted by atomic mass is 32.2. The predicted molar refractivity (Wildman–Crippen MR) is 164 cm³/mol. The number of phenols is 1. The van der Waals surface area contributed by atoms with Gasteiger partial charge in [-0.3, -0.25) is 4.79 Å². The zero-order valence-electron chi connectivity index (χ0n) is 25.2. The van der Waals surface area contributed by atoms with Crippen LogP contribution >= 0.6 is 0 Å². The molecule has 44 heavy (non-hydrogen) atoms. The molecule has 0 aliphatic carbocycles. The van der Waals surface area contributed by atoms with Gasteiger partial charge in [0.25, 0.3) is 0 Å². The maximum Gasteiger partial charge on any atom is 0.385 e. The molecule has 1 aromatic heterocycles. The number of benzene rings is 3. The summed E-state index contributed by atoms with van der Waals surface area (Å²) in [6.07, 6.45) is 2.61. The van der Waals surface area contributed by atoms with Gasteiger partial charge in [0, 0.05) is 37.7 Å². The van der Waals surface area contributed by atoms with Crippen LogP contribution in [0.25, 0.3) is 11.0 Å². The van der Waals surface area contributed by atoms with Crippen LogP contribution in [0.2, 0.25) is 0 Å². The number of carbonyl (C=O) groups is 1. The van der Waals surface area contributed by atoms with Crippen LogP contribution in [0.3, 0.4) is 0 Å². The fourth-order valence-corrected chi connectivity index (χ4v) is 6.77. The largest absolute Gasteiger partial charge is 0.508 e. The lowest BCUT2D eigenvalue weighted by Gasteiger charge is -2.28. The molecule has 234 valence electrons. The fraction of sp³-hybridized carbons (Fsp3) is 0.406. The van der Waals surface area contributed by atoms with Crippen molar-refractivity contribution in [1.82, 2.24) is 19.3 Å². The minimum Gasteiger partial charge on any atom is -0.508 e. The maximum absolute atomic E-state index is 13.0. The number of nitrogens with zero attached hydrogens (tertiary/aromatic N) is 4. The van der Waals surface area contributed by atoms with E-state index in [-0.39, 0.29) is 56.1 Å². The molecule has 4 aromatic rings. The number of unbranched alkanes of at least 4 members (excludes halogenated alkanes) is 2. The Morgan fingerprint density at radius 2 is 1.91 bits per heavy atom. The van der Waals surface area contributed by atoms with Gasteiger partial charge in [-0.1, -0.05) is 29.5 Å². The van der Waals surface area contributed by atoms with E-state index in [9.17, 15) is 18.3 Å². The number of aromatic nitrogens is 3. The van der Waals surface area contributed by atoms with Crippen molar-refractivity contribution in [3.8, 4) is 11.5 Å². The van der Waals surface area contributed by atoms with Crippen molar-refractivity contribution < 1.29 is 32.3 Å². The SMILES string of the molecule is CCOC(=O)CC(c1ccc(C)c(CN2Cc3cc(O)ccc3OS2(=O)=O)c1)c1ccc2c(nnn2CCCCCO)c1C.